The van der Waals surface area contributed by atoms with Crippen molar-refractivity contribution in [3.05, 3.63) is 34.9 Å². The van der Waals surface area contributed by atoms with E-state index in [0.717, 1.165) is 30.4 Å². The van der Waals surface area contributed by atoms with Crippen LogP contribution in [0, 0.1) is 19.8 Å². The maximum Gasteiger partial charge on any atom is 0.408 e. The van der Waals surface area contributed by atoms with Crippen molar-refractivity contribution < 1.29 is 28.7 Å². The first-order valence-corrected chi connectivity index (χ1v) is 13.6. The monoisotopic (exact) mass is 531 g/mol. The van der Waals surface area contributed by atoms with Gasteiger partial charge in [0.05, 0.1) is 13.0 Å². The number of rotatable bonds is 11. The lowest BCUT2D eigenvalue weighted by molar-refractivity contribution is -0.148. The second-order valence-corrected chi connectivity index (χ2v) is 11.3. The molecule has 38 heavy (non-hydrogen) atoms. The highest BCUT2D eigenvalue weighted by atomic mass is 16.6. The Bertz CT molecular complexity index is 997. The Labute approximate surface area is 227 Å². The Kier molecular flexibility index (Phi) is 11.2. The van der Waals surface area contributed by atoms with Gasteiger partial charge in [0.15, 0.2) is 0 Å². The van der Waals surface area contributed by atoms with E-state index in [9.17, 15) is 19.2 Å². The van der Waals surface area contributed by atoms with Gasteiger partial charge in [-0.05, 0) is 83.4 Å². The Morgan fingerprint density at radius 1 is 1.08 bits per heavy atom. The first-order chi connectivity index (χ1) is 17.7. The van der Waals surface area contributed by atoms with Crippen LogP contribution in [-0.4, -0.2) is 59.6 Å². The number of carbonyl (C=O) groups is 4. The number of amides is 3. The summed E-state index contributed by atoms with van der Waals surface area (Å²) in [6.45, 7) is 15.0. The number of hydrogen-bond donors (Lipinski definition) is 2. The SMILES string of the molecule is CCOC(=O)CCNC(=O)C(c1ccc(C)c(C)c1)N(C(=O)C(NC(=O)OC(C)(C)C)C(C)C)C1CCC1. The molecule has 1 aromatic carbocycles. The molecule has 2 rings (SSSR count). The van der Waals surface area contributed by atoms with Crippen LogP contribution >= 0.6 is 0 Å². The molecular formula is C29H45N3O6. The molecule has 0 aromatic heterocycles. The first kappa shape index (κ1) is 31.1. The van der Waals surface area contributed by atoms with Gasteiger partial charge in [-0.1, -0.05) is 32.0 Å². The van der Waals surface area contributed by atoms with Gasteiger partial charge in [0.2, 0.25) is 11.8 Å². The van der Waals surface area contributed by atoms with Gasteiger partial charge >= 0.3 is 12.1 Å². The molecule has 9 heteroatoms. The average molecular weight is 532 g/mol. The van der Waals surface area contributed by atoms with E-state index < -0.39 is 29.7 Å². The number of carbonyl (C=O) groups excluding carboxylic acids is 4. The smallest absolute Gasteiger partial charge is 0.408 e. The van der Waals surface area contributed by atoms with Crippen molar-refractivity contribution >= 4 is 23.9 Å². The summed E-state index contributed by atoms with van der Waals surface area (Å²) >= 11 is 0. The van der Waals surface area contributed by atoms with Crippen LogP contribution in [0.4, 0.5) is 4.79 Å². The van der Waals surface area contributed by atoms with Crippen molar-refractivity contribution in [3.63, 3.8) is 0 Å². The summed E-state index contributed by atoms with van der Waals surface area (Å²) in [7, 11) is 0. The lowest BCUT2D eigenvalue weighted by atomic mass is 9.87. The lowest BCUT2D eigenvalue weighted by Gasteiger charge is -2.44. The number of aryl methyl sites for hydroxylation is 2. The fourth-order valence-corrected chi connectivity index (χ4v) is 4.28. The van der Waals surface area contributed by atoms with Crippen LogP contribution in [0.3, 0.4) is 0 Å². The van der Waals surface area contributed by atoms with Crippen LogP contribution in [0.2, 0.25) is 0 Å². The minimum absolute atomic E-state index is 0.0332. The lowest BCUT2D eigenvalue weighted by Crippen LogP contribution is -2.58. The van der Waals surface area contributed by atoms with Gasteiger partial charge < -0.3 is 25.0 Å². The molecule has 9 nitrogen and oxygen atoms in total. The number of alkyl carbamates (subject to hydrolysis) is 1. The summed E-state index contributed by atoms with van der Waals surface area (Å²) in [6, 6.07) is 3.78. The zero-order valence-corrected chi connectivity index (χ0v) is 24.2. The van der Waals surface area contributed by atoms with Gasteiger partial charge in [-0.3, -0.25) is 14.4 Å². The molecular weight excluding hydrogens is 486 g/mol. The predicted octanol–water partition coefficient (Wildman–Crippen LogP) is 4.34. The molecule has 0 spiro atoms. The number of hydrogen-bond acceptors (Lipinski definition) is 6. The molecule has 1 fully saturated rings. The van der Waals surface area contributed by atoms with Crippen LogP contribution in [-0.2, 0) is 23.9 Å². The van der Waals surface area contributed by atoms with Crippen molar-refractivity contribution in [3.8, 4) is 0 Å². The normalized spacial score (nSPS) is 15.2. The third-order valence-corrected chi connectivity index (χ3v) is 6.63. The highest BCUT2D eigenvalue weighted by molar-refractivity contribution is 5.92. The van der Waals surface area contributed by atoms with E-state index >= 15 is 0 Å². The number of ether oxygens (including phenoxy) is 2. The predicted molar refractivity (Wildman–Crippen MR) is 145 cm³/mol. The molecule has 0 saturated heterocycles. The van der Waals surface area contributed by atoms with E-state index in [4.69, 9.17) is 9.47 Å². The Morgan fingerprint density at radius 2 is 1.74 bits per heavy atom. The largest absolute Gasteiger partial charge is 0.466 e. The highest BCUT2D eigenvalue weighted by Gasteiger charge is 2.42. The molecule has 3 amide bonds. The van der Waals surface area contributed by atoms with Gasteiger partial charge in [0.1, 0.15) is 17.7 Å². The molecule has 0 radical (unpaired) electrons. The molecule has 0 aliphatic heterocycles. The third-order valence-electron chi connectivity index (χ3n) is 6.63. The Balaban J connectivity index is 2.44. The summed E-state index contributed by atoms with van der Waals surface area (Å²) in [5.74, 6) is -1.36. The molecule has 2 N–H and O–H groups in total. The zero-order valence-electron chi connectivity index (χ0n) is 24.2. The second-order valence-electron chi connectivity index (χ2n) is 11.3. The van der Waals surface area contributed by atoms with Gasteiger partial charge in [0.25, 0.3) is 0 Å². The van der Waals surface area contributed by atoms with Crippen LogP contribution in [0.5, 0.6) is 0 Å². The average Bonchev–Trinajstić information content (AvgIpc) is 2.76. The van der Waals surface area contributed by atoms with Gasteiger partial charge in [-0.25, -0.2) is 4.79 Å². The molecule has 212 valence electrons. The fraction of sp³-hybridized carbons (Fsp3) is 0.655. The Morgan fingerprint density at radius 3 is 2.24 bits per heavy atom. The van der Waals surface area contributed by atoms with E-state index in [-0.39, 0.29) is 43.3 Å². The quantitative estimate of drug-likeness (QED) is 0.411. The highest BCUT2D eigenvalue weighted by Crippen LogP contribution is 2.35. The number of nitrogens with zero attached hydrogens (tertiary/aromatic N) is 1. The second kappa shape index (κ2) is 13.6. The summed E-state index contributed by atoms with van der Waals surface area (Å²) in [5, 5.41) is 5.59. The molecule has 1 aromatic rings. The Hall–Kier alpha value is -3.10. The van der Waals surface area contributed by atoms with E-state index in [2.05, 4.69) is 10.6 Å². The molecule has 0 bridgehead atoms. The summed E-state index contributed by atoms with van der Waals surface area (Å²) < 4.78 is 10.4. The summed E-state index contributed by atoms with van der Waals surface area (Å²) in [4.78, 5) is 54.0. The topological polar surface area (TPSA) is 114 Å². The minimum Gasteiger partial charge on any atom is -0.466 e. The van der Waals surface area contributed by atoms with Crippen LogP contribution in [0.25, 0.3) is 0 Å². The van der Waals surface area contributed by atoms with E-state index in [1.807, 2.05) is 45.9 Å². The number of benzene rings is 1. The summed E-state index contributed by atoms with van der Waals surface area (Å²) in [5.41, 5.74) is 2.04. The van der Waals surface area contributed by atoms with E-state index in [1.54, 1.807) is 32.6 Å². The molecule has 2 atom stereocenters. The number of nitrogens with one attached hydrogen (secondary N) is 2. The summed E-state index contributed by atoms with van der Waals surface area (Å²) in [6.07, 6.45) is 1.83. The van der Waals surface area contributed by atoms with Crippen LogP contribution in [0.15, 0.2) is 18.2 Å². The molecule has 1 saturated carbocycles. The molecule has 2 unspecified atom stereocenters. The molecule has 0 heterocycles. The molecule has 1 aliphatic carbocycles. The van der Waals surface area contributed by atoms with Crippen molar-refractivity contribution in [1.82, 2.24) is 15.5 Å². The number of esters is 1. The minimum atomic E-state index is -0.920. The van der Waals surface area contributed by atoms with Crippen LogP contribution in [0.1, 0.15) is 90.0 Å². The molecule has 1 aliphatic rings. The van der Waals surface area contributed by atoms with Gasteiger partial charge in [0, 0.05) is 12.6 Å². The van der Waals surface area contributed by atoms with E-state index in [1.165, 1.54) is 0 Å². The van der Waals surface area contributed by atoms with Crippen molar-refractivity contribution in [1.29, 1.82) is 0 Å². The van der Waals surface area contributed by atoms with Crippen LogP contribution < -0.4 is 10.6 Å². The maximum absolute atomic E-state index is 14.2. The van der Waals surface area contributed by atoms with Gasteiger partial charge in [-0.2, -0.15) is 0 Å². The fourth-order valence-electron chi connectivity index (χ4n) is 4.28. The maximum atomic E-state index is 14.2. The third kappa shape index (κ3) is 8.74. The standard InChI is InChI=1S/C29H45N3O6/c1-9-37-23(33)15-16-30-26(34)25(21-14-13-19(4)20(5)17-21)32(22-11-10-12-22)27(35)24(18(2)3)31-28(36)38-29(6,7)8/h13-14,17-18,22,24-25H,9-12,15-16H2,1-8H3,(H,30,34)(H,31,36). The zero-order chi connectivity index (χ0) is 28.6. The van der Waals surface area contributed by atoms with Crippen molar-refractivity contribution in [2.45, 2.75) is 105 Å². The van der Waals surface area contributed by atoms with Crippen molar-refractivity contribution in [2.75, 3.05) is 13.2 Å². The van der Waals surface area contributed by atoms with Crippen molar-refractivity contribution in [2.24, 2.45) is 5.92 Å². The van der Waals surface area contributed by atoms with Gasteiger partial charge in [-0.15, -0.1) is 0 Å². The first-order valence-electron chi connectivity index (χ1n) is 13.6. The van der Waals surface area contributed by atoms with E-state index in [0.29, 0.717) is 5.56 Å².